The number of nitrogens with one attached hydrogen (secondary N) is 3. The molecule has 29 heteroatoms. The van der Waals surface area contributed by atoms with Gasteiger partial charge in [0.1, 0.15) is 48.1 Å². The minimum atomic E-state index is -4.76. The van der Waals surface area contributed by atoms with Crippen molar-refractivity contribution < 1.29 is 75.4 Å². The number of likely N-dealkylation sites (tertiary alicyclic amines) is 1. The summed E-state index contributed by atoms with van der Waals surface area (Å²) in [5.41, 5.74) is -0.945. The van der Waals surface area contributed by atoms with Crippen molar-refractivity contribution in [3.8, 4) is 0 Å². The molecule has 2 aromatic carbocycles. The van der Waals surface area contributed by atoms with Gasteiger partial charge in [0.15, 0.2) is 0 Å². The maximum Gasteiger partial charge on any atom is 0.417 e. The van der Waals surface area contributed by atoms with Crippen LogP contribution >= 0.6 is 11.6 Å². The Hall–Kier alpha value is -7.72. The smallest absolute Gasteiger partial charge is 0.377 e. The van der Waals surface area contributed by atoms with E-state index in [1.54, 1.807) is 37.9 Å². The van der Waals surface area contributed by atoms with Gasteiger partial charge in [0.2, 0.25) is 65.0 Å². The Bertz CT molecular complexity index is 3300. The van der Waals surface area contributed by atoms with Gasteiger partial charge in [0.25, 0.3) is 0 Å². The minimum absolute atomic E-state index is 0.0407. The number of aryl methyl sites for hydroxylation is 2. The van der Waals surface area contributed by atoms with E-state index >= 15 is 9.59 Å². The molecule has 3 N–H and O–H groups in total. The van der Waals surface area contributed by atoms with Gasteiger partial charge in [-0.25, -0.2) is 0 Å². The molecule has 3 heterocycles. The molecule has 1 aliphatic carbocycles. The normalized spacial score (nSPS) is 26.0. The second-order valence-electron chi connectivity index (χ2n) is 28.7. The third-order valence-corrected chi connectivity index (χ3v) is 21.3. The summed E-state index contributed by atoms with van der Waals surface area (Å²) in [5, 5.41) is 8.01. The van der Waals surface area contributed by atoms with E-state index in [9.17, 15) is 61.1 Å². The van der Waals surface area contributed by atoms with E-state index in [4.69, 9.17) is 16.3 Å². The van der Waals surface area contributed by atoms with Crippen LogP contribution in [-0.2, 0) is 81.3 Å². The van der Waals surface area contributed by atoms with E-state index < -0.39 is 156 Å². The third kappa shape index (κ3) is 22.6. The average molecular weight is 1470 g/mol. The number of halogens is 4. The van der Waals surface area contributed by atoms with E-state index in [0.717, 1.165) is 46.8 Å². The summed E-state index contributed by atoms with van der Waals surface area (Å²) in [7, 11) is 10.1. The van der Waals surface area contributed by atoms with Crippen molar-refractivity contribution in [2.45, 2.75) is 204 Å². The van der Waals surface area contributed by atoms with Crippen LogP contribution in [0.4, 0.5) is 13.2 Å². The second-order valence-corrected chi connectivity index (χ2v) is 29.1. The molecule has 3 aliphatic heterocycles. The van der Waals surface area contributed by atoms with Crippen LogP contribution in [0.3, 0.4) is 0 Å². The molecular weight excluding hydrogens is 1360 g/mol. The number of likely N-dealkylation sites (N-methyl/N-ethyl adjacent to an activating group) is 7. The fourth-order valence-electron chi connectivity index (χ4n) is 14.4. The van der Waals surface area contributed by atoms with Crippen molar-refractivity contribution in [3.63, 3.8) is 0 Å². The summed E-state index contributed by atoms with van der Waals surface area (Å²) in [6.45, 7) is 8.13. The van der Waals surface area contributed by atoms with Crippen molar-refractivity contribution >= 4 is 82.9 Å². The zero-order valence-corrected chi connectivity index (χ0v) is 63.0. The first-order valence-corrected chi connectivity index (χ1v) is 36.8. The first-order chi connectivity index (χ1) is 48.7. The van der Waals surface area contributed by atoms with E-state index in [2.05, 4.69) is 16.0 Å². The molecule has 4 fully saturated rings. The molecule has 3 saturated heterocycles. The highest BCUT2D eigenvalue weighted by Crippen LogP contribution is 2.36. The maximum atomic E-state index is 15.3. The summed E-state index contributed by atoms with van der Waals surface area (Å²) < 4.78 is 47.5. The predicted molar refractivity (Wildman–Crippen MR) is 381 cm³/mol. The fraction of sp³-hybridized carbons (Fsp3) is 0.676. The molecule has 0 spiro atoms. The molecule has 11 amide bonds. The molecule has 25 nitrogen and oxygen atoms in total. The van der Waals surface area contributed by atoms with Crippen molar-refractivity contribution in [2.24, 2.45) is 11.8 Å². The lowest BCUT2D eigenvalue weighted by atomic mass is 9.82. The van der Waals surface area contributed by atoms with Crippen molar-refractivity contribution in [1.82, 2.24) is 60.0 Å². The lowest BCUT2D eigenvalue weighted by Crippen LogP contribution is -2.61. The molecule has 1 saturated carbocycles. The molecule has 6 rings (SSSR count). The first kappa shape index (κ1) is 84.2. The highest BCUT2D eigenvalue weighted by Gasteiger charge is 2.46. The average Bonchev–Trinajstić information content (AvgIpc) is 1.79. The molecule has 572 valence electrons. The van der Waals surface area contributed by atoms with Gasteiger partial charge in [-0.05, 0) is 114 Å². The zero-order chi connectivity index (χ0) is 76.2. The van der Waals surface area contributed by atoms with E-state index in [1.807, 2.05) is 32.9 Å². The molecular formula is C74H110ClF3N12O13. The molecule has 4 aliphatic rings. The zero-order valence-electron chi connectivity index (χ0n) is 62.3. The van der Waals surface area contributed by atoms with Crippen LogP contribution in [0.25, 0.3) is 0 Å². The second kappa shape index (κ2) is 38.9. The predicted octanol–water partition coefficient (Wildman–Crippen LogP) is 5.28. The number of carbonyl (C=O) groups is 12. The van der Waals surface area contributed by atoms with Gasteiger partial charge < -0.3 is 64.7 Å². The fourth-order valence-corrected chi connectivity index (χ4v) is 14.7. The van der Waals surface area contributed by atoms with E-state index in [-0.39, 0.29) is 89.4 Å². The minimum Gasteiger partial charge on any atom is -0.377 e. The van der Waals surface area contributed by atoms with Crippen molar-refractivity contribution in [1.29, 1.82) is 0 Å². The Morgan fingerprint density at radius 3 is 1.98 bits per heavy atom. The Kier molecular flexibility index (Phi) is 31.8. The van der Waals surface area contributed by atoms with Crippen LogP contribution in [0.1, 0.15) is 153 Å². The number of aldehydes is 1. The Labute approximate surface area is 609 Å². The summed E-state index contributed by atoms with van der Waals surface area (Å²) in [6.07, 6.45) is 1.09. The third-order valence-electron chi connectivity index (χ3n) is 21.0. The van der Waals surface area contributed by atoms with E-state index in [1.165, 1.54) is 77.8 Å². The number of rotatable bonds is 14. The van der Waals surface area contributed by atoms with Crippen LogP contribution in [0.5, 0.6) is 0 Å². The van der Waals surface area contributed by atoms with Gasteiger partial charge in [0, 0.05) is 101 Å². The lowest BCUT2D eigenvalue weighted by molar-refractivity contribution is -0.154. The number of carbonyl (C=O) groups excluding carboxylic acids is 12. The summed E-state index contributed by atoms with van der Waals surface area (Å²) in [5.74, 6) is -7.46. The standard InChI is InChI=1S/C74H110ClF3N12O13/c1-13-23-57-68(98)81-65(49(5)14-2)71(101)84(8)44-63(95)83(7)45-64(96)88(12)73(47-91,41-51-29-27-48(4)28-30-51)46-82(6)43-60(92)80-56(34-32-50-31-33-54(55(75)38-50)74(76,77)78)69(99)90-42-53(103-15-3)39-58(90)67(97)79-35-20-19-26-61(93)87(11)66(52-24-17-16-18-25-52)72(102)86(10)59(40-62(94)85(57)9)70(100)89-36-21-22-37-89/h27-31,33,38,47,49,52-53,56-59,65-66H,13-26,32,34-37,39-46H2,1-12H3,(H,79,97)(H,80,92)(H,81,98)/t49-,53+,56-,57-,58-,59-,65-,66-,73-/m0/s1. The number of amides is 11. The number of benzene rings is 2. The number of ether oxygens (including phenoxy) is 1. The van der Waals surface area contributed by atoms with Crippen LogP contribution in [-0.4, -0.2) is 272 Å². The lowest BCUT2D eigenvalue weighted by Gasteiger charge is -2.41. The highest BCUT2D eigenvalue weighted by molar-refractivity contribution is 6.31. The quantitative estimate of drug-likeness (QED) is 0.203. The van der Waals surface area contributed by atoms with Crippen LogP contribution in [0.15, 0.2) is 42.5 Å². The first-order valence-electron chi connectivity index (χ1n) is 36.4. The topological polar surface area (TPSA) is 279 Å². The van der Waals surface area contributed by atoms with E-state index in [0.29, 0.717) is 69.0 Å². The molecule has 0 radical (unpaired) electrons. The van der Waals surface area contributed by atoms with Crippen LogP contribution < -0.4 is 16.0 Å². The molecule has 0 aromatic heterocycles. The van der Waals surface area contributed by atoms with Gasteiger partial charge in [-0.3, -0.25) is 57.6 Å². The van der Waals surface area contributed by atoms with Crippen molar-refractivity contribution in [2.75, 3.05) is 108 Å². The van der Waals surface area contributed by atoms with Gasteiger partial charge in [-0.15, -0.1) is 0 Å². The van der Waals surface area contributed by atoms with Crippen LogP contribution in [0, 0.1) is 18.8 Å². The largest absolute Gasteiger partial charge is 0.417 e. The number of alkyl halides is 3. The monoisotopic (exact) mass is 1470 g/mol. The highest BCUT2D eigenvalue weighted by atomic mass is 35.5. The number of hydrogen-bond acceptors (Lipinski definition) is 14. The number of nitrogens with zero attached hydrogens (tertiary/aromatic N) is 9. The Morgan fingerprint density at radius 2 is 1.37 bits per heavy atom. The Morgan fingerprint density at radius 1 is 0.718 bits per heavy atom. The van der Waals surface area contributed by atoms with Crippen LogP contribution in [0.2, 0.25) is 5.02 Å². The SMILES string of the molecule is CCC[C@H]1C(=O)N[C@@H]([C@@H](C)CC)C(=O)N(C)CC(=O)N(C)CC(=O)N(C)[C@@](C=O)(Cc2ccc(C)cc2)CN(C)CC(=O)N[C@@H](CCc2ccc(C(F)(F)F)c(Cl)c2)C(=O)N2C[C@H](OCC)C[C@H]2C(=O)NCCCCC(=O)N(C)[C@@H](C2CCCCC2)C(=O)N(C)[C@H](C(=O)N2CCCC2)CC(=O)N1C. The summed E-state index contributed by atoms with van der Waals surface area (Å²) in [4.78, 5) is 187. The molecule has 0 bridgehead atoms. The Balaban J connectivity index is 1.38. The summed E-state index contributed by atoms with van der Waals surface area (Å²) in [6, 6.07) is 3.15. The molecule has 103 heavy (non-hydrogen) atoms. The number of hydrogen-bond donors (Lipinski definition) is 3. The van der Waals surface area contributed by atoms with Crippen molar-refractivity contribution in [3.05, 3.63) is 69.7 Å². The summed E-state index contributed by atoms with van der Waals surface area (Å²) >= 11 is 6.15. The van der Waals surface area contributed by atoms with Gasteiger partial charge in [-0.2, -0.15) is 13.2 Å². The molecule has 9 atom stereocenters. The van der Waals surface area contributed by atoms with Gasteiger partial charge >= 0.3 is 6.18 Å². The molecule has 2 aromatic rings. The maximum absolute atomic E-state index is 15.3. The van der Waals surface area contributed by atoms with Gasteiger partial charge in [-0.1, -0.05) is 100 Å². The van der Waals surface area contributed by atoms with Gasteiger partial charge in [0.05, 0.1) is 42.7 Å². The number of fused-ring (bicyclic) bond motifs is 1. The molecule has 0 unspecified atom stereocenters.